The van der Waals surface area contributed by atoms with Crippen molar-refractivity contribution in [3.8, 4) is 0 Å². The molecule has 0 atom stereocenters. The lowest BCUT2D eigenvalue weighted by molar-refractivity contribution is 0.250. The highest BCUT2D eigenvalue weighted by Crippen LogP contribution is 2.28. The summed E-state index contributed by atoms with van der Waals surface area (Å²) in [5, 5.41) is 18.1. The Kier molecular flexibility index (Phi) is 5.52. The van der Waals surface area contributed by atoms with Crippen molar-refractivity contribution in [3.63, 3.8) is 0 Å². The highest BCUT2D eigenvalue weighted by Gasteiger charge is 2.20. The molecule has 2 amide bonds. The van der Waals surface area contributed by atoms with E-state index in [-0.39, 0.29) is 12.6 Å². The number of rotatable bonds is 4. The Hall–Kier alpha value is -1.86. The molecule has 24 heavy (non-hydrogen) atoms. The predicted octanol–water partition coefficient (Wildman–Crippen LogP) is 3.81. The van der Waals surface area contributed by atoms with E-state index in [0.29, 0.717) is 27.6 Å². The summed E-state index contributed by atoms with van der Waals surface area (Å²) in [7, 11) is 0. The number of halogens is 2. The number of anilines is 1. The van der Waals surface area contributed by atoms with Crippen molar-refractivity contribution in [1.82, 2.24) is 25.5 Å². The zero-order valence-electron chi connectivity index (χ0n) is 13.0. The van der Waals surface area contributed by atoms with E-state index in [1.165, 1.54) is 19.3 Å². The number of amides is 2. The molecule has 0 unspecified atom stereocenters. The van der Waals surface area contributed by atoms with Crippen LogP contribution in [0.25, 0.3) is 0 Å². The zero-order valence-corrected chi connectivity index (χ0v) is 14.5. The lowest BCUT2D eigenvalue weighted by Crippen LogP contribution is -2.30. The highest BCUT2D eigenvalue weighted by atomic mass is 35.5. The maximum Gasteiger partial charge on any atom is 0.319 e. The number of tetrazole rings is 1. The van der Waals surface area contributed by atoms with E-state index in [2.05, 4.69) is 26.2 Å². The number of aromatic nitrogens is 4. The van der Waals surface area contributed by atoms with E-state index < -0.39 is 0 Å². The number of urea groups is 1. The van der Waals surface area contributed by atoms with Gasteiger partial charge < -0.3 is 10.6 Å². The van der Waals surface area contributed by atoms with Crippen LogP contribution in [-0.4, -0.2) is 26.2 Å². The van der Waals surface area contributed by atoms with Gasteiger partial charge in [-0.2, -0.15) is 0 Å². The van der Waals surface area contributed by atoms with Gasteiger partial charge in [0.05, 0.1) is 22.6 Å². The minimum Gasteiger partial charge on any atom is -0.331 e. The first kappa shape index (κ1) is 17.0. The normalized spacial score (nSPS) is 15.2. The van der Waals surface area contributed by atoms with E-state index in [1.54, 1.807) is 18.2 Å². The van der Waals surface area contributed by atoms with Gasteiger partial charge in [-0.25, -0.2) is 9.48 Å². The SMILES string of the molecule is O=C(NCc1nnnn1C1CCCCC1)Nc1ccc(Cl)c(Cl)c1. The molecule has 0 aliphatic heterocycles. The number of hydrogen-bond acceptors (Lipinski definition) is 4. The highest BCUT2D eigenvalue weighted by molar-refractivity contribution is 6.42. The molecule has 1 fully saturated rings. The molecule has 1 aromatic heterocycles. The van der Waals surface area contributed by atoms with Crippen LogP contribution >= 0.6 is 23.2 Å². The van der Waals surface area contributed by atoms with Crippen molar-refractivity contribution in [1.29, 1.82) is 0 Å². The molecular weight excluding hydrogens is 351 g/mol. The Bertz CT molecular complexity index is 714. The third-order valence-electron chi connectivity index (χ3n) is 4.07. The van der Waals surface area contributed by atoms with Crippen molar-refractivity contribution in [2.75, 3.05) is 5.32 Å². The van der Waals surface area contributed by atoms with Crippen LogP contribution in [0.5, 0.6) is 0 Å². The minimum absolute atomic E-state index is 0.261. The zero-order chi connectivity index (χ0) is 16.9. The van der Waals surface area contributed by atoms with Gasteiger partial charge in [0, 0.05) is 5.69 Å². The molecule has 3 rings (SSSR count). The van der Waals surface area contributed by atoms with Crippen molar-refractivity contribution in [2.24, 2.45) is 0 Å². The summed E-state index contributed by atoms with van der Waals surface area (Å²) >= 11 is 11.8. The van der Waals surface area contributed by atoms with E-state index in [1.807, 2.05) is 4.68 Å². The number of hydrogen-bond donors (Lipinski definition) is 2. The topological polar surface area (TPSA) is 84.7 Å². The van der Waals surface area contributed by atoms with Crippen molar-refractivity contribution in [3.05, 3.63) is 34.1 Å². The Labute approximate surface area is 149 Å². The molecule has 9 heteroatoms. The number of carbonyl (C=O) groups is 1. The molecule has 128 valence electrons. The van der Waals surface area contributed by atoms with Crippen LogP contribution < -0.4 is 10.6 Å². The first-order valence-electron chi connectivity index (χ1n) is 7.90. The van der Waals surface area contributed by atoms with Gasteiger partial charge in [0.1, 0.15) is 0 Å². The van der Waals surface area contributed by atoms with Crippen LogP contribution in [0.15, 0.2) is 18.2 Å². The molecule has 1 saturated carbocycles. The fourth-order valence-electron chi connectivity index (χ4n) is 2.85. The number of benzene rings is 1. The largest absolute Gasteiger partial charge is 0.331 e. The molecular formula is C15H18Cl2N6O. The summed E-state index contributed by atoms with van der Waals surface area (Å²) in [5.41, 5.74) is 0.564. The van der Waals surface area contributed by atoms with Gasteiger partial charge >= 0.3 is 6.03 Å². The molecule has 1 aliphatic carbocycles. The van der Waals surface area contributed by atoms with Crippen molar-refractivity contribution in [2.45, 2.75) is 44.7 Å². The van der Waals surface area contributed by atoms with Crippen molar-refractivity contribution >= 4 is 34.9 Å². The Balaban J connectivity index is 1.56. The molecule has 1 aromatic carbocycles. The average molecular weight is 369 g/mol. The molecule has 7 nitrogen and oxygen atoms in total. The first-order valence-corrected chi connectivity index (χ1v) is 8.66. The second-order valence-corrected chi connectivity index (χ2v) is 6.58. The lowest BCUT2D eigenvalue weighted by atomic mass is 9.96. The van der Waals surface area contributed by atoms with Crippen LogP contribution in [0.3, 0.4) is 0 Å². The fraction of sp³-hybridized carbons (Fsp3) is 0.467. The standard InChI is InChI=1S/C15H18Cl2N6O/c16-12-7-6-10(8-13(12)17)19-15(24)18-9-14-20-21-22-23(14)11-4-2-1-3-5-11/h6-8,11H,1-5,9H2,(H2,18,19,24). The maximum absolute atomic E-state index is 12.0. The molecule has 2 aromatic rings. The summed E-state index contributed by atoms with van der Waals surface area (Å²) in [5.74, 6) is 0.659. The number of nitrogens with zero attached hydrogens (tertiary/aromatic N) is 4. The third-order valence-corrected chi connectivity index (χ3v) is 4.81. The van der Waals surface area contributed by atoms with Crippen LogP contribution in [0.1, 0.15) is 44.0 Å². The first-order chi connectivity index (χ1) is 11.6. The molecule has 0 radical (unpaired) electrons. The van der Waals surface area contributed by atoms with Gasteiger partial charge in [-0.1, -0.05) is 42.5 Å². The lowest BCUT2D eigenvalue weighted by Gasteiger charge is -2.22. The third kappa shape index (κ3) is 4.15. The predicted molar refractivity (Wildman–Crippen MR) is 92.3 cm³/mol. The van der Waals surface area contributed by atoms with Gasteiger partial charge in [-0.15, -0.1) is 5.10 Å². The van der Waals surface area contributed by atoms with E-state index >= 15 is 0 Å². The van der Waals surface area contributed by atoms with Crippen LogP contribution in [0.4, 0.5) is 10.5 Å². The van der Waals surface area contributed by atoms with Crippen LogP contribution in [0.2, 0.25) is 10.0 Å². The fourth-order valence-corrected chi connectivity index (χ4v) is 3.14. The summed E-state index contributed by atoms with van der Waals surface area (Å²) in [4.78, 5) is 12.0. The van der Waals surface area contributed by atoms with Crippen LogP contribution in [-0.2, 0) is 6.54 Å². The average Bonchev–Trinajstić information content (AvgIpc) is 3.06. The molecule has 0 bridgehead atoms. The Morgan fingerprint density at radius 2 is 2.00 bits per heavy atom. The van der Waals surface area contributed by atoms with Gasteiger partial charge in [-0.3, -0.25) is 0 Å². The molecule has 1 heterocycles. The number of carbonyl (C=O) groups excluding carboxylic acids is 1. The Morgan fingerprint density at radius 1 is 1.21 bits per heavy atom. The Morgan fingerprint density at radius 3 is 2.75 bits per heavy atom. The van der Waals surface area contributed by atoms with Crippen LogP contribution in [0, 0.1) is 0 Å². The molecule has 0 saturated heterocycles. The quantitative estimate of drug-likeness (QED) is 0.858. The molecule has 0 spiro atoms. The summed E-state index contributed by atoms with van der Waals surface area (Å²) < 4.78 is 1.83. The monoisotopic (exact) mass is 368 g/mol. The molecule has 1 aliphatic rings. The summed E-state index contributed by atoms with van der Waals surface area (Å²) in [6, 6.07) is 4.87. The number of nitrogens with one attached hydrogen (secondary N) is 2. The second kappa shape index (κ2) is 7.81. The van der Waals surface area contributed by atoms with Crippen molar-refractivity contribution < 1.29 is 4.79 Å². The van der Waals surface area contributed by atoms with E-state index in [4.69, 9.17) is 23.2 Å². The van der Waals surface area contributed by atoms with Gasteiger partial charge in [0.15, 0.2) is 5.82 Å². The maximum atomic E-state index is 12.0. The van der Waals surface area contributed by atoms with Gasteiger partial charge in [0.2, 0.25) is 0 Å². The molecule has 2 N–H and O–H groups in total. The minimum atomic E-state index is -0.355. The second-order valence-electron chi connectivity index (χ2n) is 5.77. The van der Waals surface area contributed by atoms with Gasteiger partial charge in [-0.05, 0) is 41.5 Å². The summed E-state index contributed by atoms with van der Waals surface area (Å²) in [6.45, 7) is 0.261. The summed E-state index contributed by atoms with van der Waals surface area (Å²) in [6.07, 6.45) is 5.80. The van der Waals surface area contributed by atoms with E-state index in [9.17, 15) is 4.79 Å². The van der Waals surface area contributed by atoms with E-state index in [0.717, 1.165) is 12.8 Å². The van der Waals surface area contributed by atoms with Gasteiger partial charge in [0.25, 0.3) is 0 Å². The smallest absolute Gasteiger partial charge is 0.319 e.